The first kappa shape index (κ1) is 7.08. The smallest absolute Gasteiger partial charge is 0.138 e. The first-order valence-electron chi connectivity index (χ1n) is 3.11. The molecule has 0 aromatic carbocycles. The van der Waals surface area contributed by atoms with E-state index in [1.54, 1.807) is 0 Å². The molecule has 0 bridgehead atoms. The zero-order valence-corrected chi connectivity index (χ0v) is 6.07. The molecule has 10 heavy (non-hydrogen) atoms. The second kappa shape index (κ2) is 2.70. The number of rotatable bonds is 1. The second-order valence-corrected chi connectivity index (χ2v) is 2.22. The van der Waals surface area contributed by atoms with Crippen molar-refractivity contribution in [1.82, 2.24) is 15.2 Å². The van der Waals surface area contributed by atoms with Crippen LogP contribution in [0.25, 0.3) is 0 Å². The van der Waals surface area contributed by atoms with E-state index in [4.69, 9.17) is 5.73 Å². The van der Waals surface area contributed by atoms with Crippen LogP contribution in [-0.4, -0.2) is 15.2 Å². The quantitative estimate of drug-likeness (QED) is 0.602. The molecule has 0 aliphatic carbocycles. The Labute approximate surface area is 59.5 Å². The van der Waals surface area contributed by atoms with Gasteiger partial charge in [0.1, 0.15) is 12.0 Å². The molecule has 1 aromatic heterocycles. The zero-order chi connectivity index (χ0) is 7.56. The summed E-state index contributed by atoms with van der Waals surface area (Å²) in [4.78, 5) is 3.95. The normalized spacial score (nSPS) is 13.1. The average Bonchev–Trinajstić information content (AvgIpc) is 1.88. The third kappa shape index (κ3) is 1.27. The van der Waals surface area contributed by atoms with Crippen LogP contribution >= 0.6 is 0 Å². The van der Waals surface area contributed by atoms with Gasteiger partial charge in [0.2, 0.25) is 0 Å². The number of hydrogen-bond acceptors (Lipinski definition) is 4. The van der Waals surface area contributed by atoms with Gasteiger partial charge in [-0.15, -0.1) is 5.10 Å². The predicted molar refractivity (Wildman–Crippen MR) is 37.2 cm³/mol. The number of aromatic nitrogens is 3. The second-order valence-electron chi connectivity index (χ2n) is 2.22. The van der Waals surface area contributed by atoms with Crippen LogP contribution in [0, 0.1) is 6.92 Å². The molecule has 1 rings (SSSR count). The van der Waals surface area contributed by atoms with E-state index in [1.807, 2.05) is 13.8 Å². The topological polar surface area (TPSA) is 64.7 Å². The third-order valence-corrected chi connectivity index (χ3v) is 1.27. The minimum absolute atomic E-state index is 0.0822. The first-order chi connectivity index (χ1) is 4.72. The summed E-state index contributed by atoms with van der Waals surface area (Å²) >= 11 is 0. The monoisotopic (exact) mass is 138 g/mol. The average molecular weight is 138 g/mol. The molecule has 4 heteroatoms. The predicted octanol–water partition coefficient (Wildman–Crippen LogP) is 0.200. The molecule has 1 unspecified atom stereocenters. The summed E-state index contributed by atoms with van der Waals surface area (Å²) in [6.07, 6.45) is 1.42. The maximum Gasteiger partial charge on any atom is 0.138 e. The molecule has 1 heterocycles. The van der Waals surface area contributed by atoms with E-state index in [9.17, 15) is 0 Å². The molecule has 54 valence electrons. The highest BCUT2D eigenvalue weighted by atomic mass is 15.1. The van der Waals surface area contributed by atoms with E-state index in [-0.39, 0.29) is 6.04 Å². The lowest BCUT2D eigenvalue weighted by molar-refractivity contribution is 0.722. The van der Waals surface area contributed by atoms with Crippen LogP contribution in [0.1, 0.15) is 24.4 Å². The van der Waals surface area contributed by atoms with E-state index in [2.05, 4.69) is 15.2 Å². The molecule has 0 spiro atoms. The Morgan fingerprint density at radius 2 is 2.30 bits per heavy atom. The Kier molecular flexibility index (Phi) is 1.91. The van der Waals surface area contributed by atoms with Crippen LogP contribution < -0.4 is 5.73 Å². The van der Waals surface area contributed by atoms with E-state index in [0.29, 0.717) is 0 Å². The standard InChI is InChI=1S/C6H10N4/c1-4(7)6-5(2)8-3-9-10-6/h3-4H,7H2,1-2H3. The van der Waals surface area contributed by atoms with E-state index in [0.717, 1.165) is 11.4 Å². The largest absolute Gasteiger partial charge is 0.323 e. The first-order valence-corrected chi connectivity index (χ1v) is 3.11. The minimum Gasteiger partial charge on any atom is -0.323 e. The van der Waals surface area contributed by atoms with Gasteiger partial charge in [-0.25, -0.2) is 4.98 Å². The summed E-state index contributed by atoms with van der Waals surface area (Å²) in [5.74, 6) is 0. The summed E-state index contributed by atoms with van der Waals surface area (Å²) in [6, 6.07) is -0.0822. The zero-order valence-electron chi connectivity index (χ0n) is 6.07. The summed E-state index contributed by atoms with van der Waals surface area (Å²) in [5.41, 5.74) is 7.19. The van der Waals surface area contributed by atoms with Crippen molar-refractivity contribution >= 4 is 0 Å². The Morgan fingerprint density at radius 3 is 2.70 bits per heavy atom. The van der Waals surface area contributed by atoms with Crippen LogP contribution in [0.15, 0.2) is 6.33 Å². The molecule has 0 amide bonds. The van der Waals surface area contributed by atoms with Gasteiger partial charge < -0.3 is 5.73 Å². The summed E-state index contributed by atoms with van der Waals surface area (Å²) in [7, 11) is 0. The number of nitrogens with zero attached hydrogens (tertiary/aromatic N) is 3. The lowest BCUT2D eigenvalue weighted by atomic mass is 10.2. The molecule has 1 aromatic rings. The van der Waals surface area contributed by atoms with Crippen molar-refractivity contribution in [2.24, 2.45) is 5.73 Å². The SMILES string of the molecule is Cc1ncnnc1C(C)N. The Hall–Kier alpha value is -1.03. The highest BCUT2D eigenvalue weighted by Crippen LogP contribution is 2.06. The maximum atomic E-state index is 5.57. The lowest BCUT2D eigenvalue weighted by Crippen LogP contribution is -2.11. The molecule has 0 fully saturated rings. The molecular formula is C6H10N4. The highest BCUT2D eigenvalue weighted by Gasteiger charge is 2.04. The fraction of sp³-hybridized carbons (Fsp3) is 0.500. The van der Waals surface area contributed by atoms with E-state index >= 15 is 0 Å². The van der Waals surface area contributed by atoms with Gasteiger partial charge in [-0.05, 0) is 13.8 Å². The van der Waals surface area contributed by atoms with Crippen molar-refractivity contribution in [3.63, 3.8) is 0 Å². The van der Waals surface area contributed by atoms with Gasteiger partial charge in [-0.3, -0.25) is 0 Å². The lowest BCUT2D eigenvalue weighted by Gasteiger charge is -2.03. The Bertz CT molecular complexity index is 221. The maximum absolute atomic E-state index is 5.57. The van der Waals surface area contributed by atoms with E-state index < -0.39 is 0 Å². The number of hydrogen-bond donors (Lipinski definition) is 1. The molecule has 0 aliphatic heterocycles. The fourth-order valence-corrected chi connectivity index (χ4v) is 0.759. The third-order valence-electron chi connectivity index (χ3n) is 1.27. The van der Waals surface area contributed by atoms with Crippen molar-refractivity contribution in [2.75, 3.05) is 0 Å². The molecule has 4 nitrogen and oxygen atoms in total. The molecule has 1 atom stereocenters. The van der Waals surface area contributed by atoms with Crippen molar-refractivity contribution in [1.29, 1.82) is 0 Å². The Morgan fingerprint density at radius 1 is 1.60 bits per heavy atom. The van der Waals surface area contributed by atoms with Crippen LogP contribution in [-0.2, 0) is 0 Å². The summed E-state index contributed by atoms with van der Waals surface area (Å²) in [5, 5.41) is 7.47. The van der Waals surface area contributed by atoms with Crippen LogP contribution in [0.5, 0.6) is 0 Å². The van der Waals surface area contributed by atoms with Crippen LogP contribution in [0.2, 0.25) is 0 Å². The van der Waals surface area contributed by atoms with E-state index in [1.165, 1.54) is 6.33 Å². The molecular weight excluding hydrogens is 128 g/mol. The summed E-state index contributed by atoms with van der Waals surface area (Å²) in [6.45, 7) is 3.73. The van der Waals surface area contributed by atoms with Crippen LogP contribution in [0.4, 0.5) is 0 Å². The number of nitrogens with two attached hydrogens (primary N) is 1. The molecule has 0 saturated carbocycles. The van der Waals surface area contributed by atoms with Gasteiger partial charge in [0.05, 0.1) is 5.69 Å². The minimum atomic E-state index is -0.0822. The van der Waals surface area contributed by atoms with Gasteiger partial charge in [0.25, 0.3) is 0 Å². The molecule has 0 aliphatic rings. The van der Waals surface area contributed by atoms with Crippen molar-refractivity contribution in [3.05, 3.63) is 17.7 Å². The van der Waals surface area contributed by atoms with Crippen LogP contribution in [0.3, 0.4) is 0 Å². The summed E-state index contributed by atoms with van der Waals surface area (Å²) < 4.78 is 0. The molecule has 0 saturated heterocycles. The molecule has 2 N–H and O–H groups in total. The van der Waals surface area contributed by atoms with Gasteiger partial charge in [-0.1, -0.05) is 0 Å². The van der Waals surface area contributed by atoms with Gasteiger partial charge in [-0.2, -0.15) is 5.10 Å². The van der Waals surface area contributed by atoms with Gasteiger partial charge in [0.15, 0.2) is 0 Å². The highest BCUT2D eigenvalue weighted by molar-refractivity contribution is 5.09. The van der Waals surface area contributed by atoms with Crippen molar-refractivity contribution < 1.29 is 0 Å². The number of aryl methyl sites for hydroxylation is 1. The van der Waals surface area contributed by atoms with Crippen molar-refractivity contribution in [3.8, 4) is 0 Å². The van der Waals surface area contributed by atoms with Crippen molar-refractivity contribution in [2.45, 2.75) is 19.9 Å². The Balaban J connectivity index is 3.03. The van der Waals surface area contributed by atoms with Gasteiger partial charge in [0, 0.05) is 6.04 Å². The molecule has 0 radical (unpaired) electrons. The fourth-order valence-electron chi connectivity index (χ4n) is 0.759. The van der Waals surface area contributed by atoms with Gasteiger partial charge >= 0.3 is 0 Å².